The lowest BCUT2D eigenvalue weighted by Gasteiger charge is -2.25. The molecule has 1 saturated heterocycles. The van der Waals surface area contributed by atoms with Gasteiger partial charge in [-0.25, -0.2) is 13.1 Å². The van der Waals surface area contributed by atoms with Crippen LogP contribution in [0, 0.1) is 5.41 Å². The maximum Gasteiger partial charge on any atom is 0.211 e. The first-order valence-corrected chi connectivity index (χ1v) is 8.00. The van der Waals surface area contributed by atoms with Crippen molar-refractivity contribution in [2.45, 2.75) is 52.5 Å². The molecule has 102 valence electrons. The van der Waals surface area contributed by atoms with Crippen molar-refractivity contribution in [1.82, 2.24) is 10.0 Å². The number of rotatable bonds is 5. The summed E-state index contributed by atoms with van der Waals surface area (Å²) >= 11 is 0. The summed E-state index contributed by atoms with van der Waals surface area (Å²) in [5.41, 5.74) is -0.000930. The molecule has 0 aromatic carbocycles. The first-order valence-electron chi connectivity index (χ1n) is 6.34. The van der Waals surface area contributed by atoms with E-state index in [1.807, 2.05) is 0 Å². The Balaban J connectivity index is 2.39. The van der Waals surface area contributed by atoms with Crippen molar-refractivity contribution in [2.75, 3.05) is 18.8 Å². The highest BCUT2D eigenvalue weighted by atomic mass is 32.2. The normalized spacial score (nSPS) is 26.4. The van der Waals surface area contributed by atoms with Crippen molar-refractivity contribution in [3.05, 3.63) is 0 Å². The molecule has 2 N–H and O–H groups in total. The van der Waals surface area contributed by atoms with Gasteiger partial charge in [-0.3, -0.25) is 0 Å². The Morgan fingerprint density at radius 2 is 2.00 bits per heavy atom. The van der Waals surface area contributed by atoms with Gasteiger partial charge in [0.15, 0.2) is 0 Å². The zero-order valence-electron chi connectivity index (χ0n) is 11.5. The maximum absolute atomic E-state index is 11.8. The third kappa shape index (κ3) is 5.84. The molecule has 0 radical (unpaired) electrons. The lowest BCUT2D eigenvalue weighted by Crippen LogP contribution is -2.47. The van der Waals surface area contributed by atoms with Crippen LogP contribution in [0.15, 0.2) is 0 Å². The van der Waals surface area contributed by atoms with Crippen molar-refractivity contribution in [2.24, 2.45) is 5.41 Å². The Kier molecular flexibility index (Phi) is 4.60. The van der Waals surface area contributed by atoms with Crippen LogP contribution in [0.2, 0.25) is 0 Å². The van der Waals surface area contributed by atoms with Gasteiger partial charge in [0.2, 0.25) is 10.0 Å². The van der Waals surface area contributed by atoms with E-state index < -0.39 is 10.0 Å². The second kappa shape index (κ2) is 5.24. The quantitative estimate of drug-likeness (QED) is 0.789. The van der Waals surface area contributed by atoms with Gasteiger partial charge in [-0.1, -0.05) is 20.8 Å². The summed E-state index contributed by atoms with van der Waals surface area (Å²) in [6, 6.07) is 0. The molecular formula is C12H26N2O2S. The summed E-state index contributed by atoms with van der Waals surface area (Å²) in [6.45, 7) is 9.74. The number of nitrogens with one attached hydrogen (secondary N) is 2. The van der Waals surface area contributed by atoms with E-state index in [9.17, 15) is 8.42 Å². The van der Waals surface area contributed by atoms with Gasteiger partial charge in [-0.05, 0) is 38.1 Å². The van der Waals surface area contributed by atoms with Gasteiger partial charge >= 0.3 is 0 Å². The molecule has 5 heteroatoms. The Morgan fingerprint density at radius 1 is 1.35 bits per heavy atom. The van der Waals surface area contributed by atoms with Crippen LogP contribution in [0.1, 0.15) is 47.0 Å². The van der Waals surface area contributed by atoms with Crippen molar-refractivity contribution in [3.8, 4) is 0 Å². The largest absolute Gasteiger partial charge is 0.310 e. The second-order valence-corrected chi connectivity index (χ2v) is 8.47. The Morgan fingerprint density at radius 3 is 2.47 bits per heavy atom. The van der Waals surface area contributed by atoms with E-state index in [0.717, 1.165) is 19.4 Å². The van der Waals surface area contributed by atoms with Gasteiger partial charge in [-0.15, -0.1) is 0 Å². The third-order valence-corrected chi connectivity index (χ3v) is 4.59. The van der Waals surface area contributed by atoms with Crippen molar-refractivity contribution in [1.29, 1.82) is 0 Å². The van der Waals surface area contributed by atoms with Crippen LogP contribution >= 0.6 is 0 Å². The van der Waals surface area contributed by atoms with E-state index in [1.54, 1.807) is 0 Å². The molecule has 1 rings (SSSR count). The lowest BCUT2D eigenvalue weighted by atomic mass is 9.94. The summed E-state index contributed by atoms with van der Waals surface area (Å²) < 4.78 is 26.4. The van der Waals surface area contributed by atoms with E-state index in [0.29, 0.717) is 13.0 Å². The fourth-order valence-corrected chi connectivity index (χ4v) is 3.45. The first-order chi connectivity index (χ1) is 7.62. The first kappa shape index (κ1) is 14.9. The van der Waals surface area contributed by atoms with Crippen LogP contribution in [-0.4, -0.2) is 32.8 Å². The lowest BCUT2D eigenvalue weighted by molar-refractivity contribution is 0.391. The molecule has 0 aromatic heterocycles. The highest BCUT2D eigenvalue weighted by Crippen LogP contribution is 2.20. The molecule has 1 fully saturated rings. The van der Waals surface area contributed by atoms with E-state index in [2.05, 4.69) is 37.7 Å². The average molecular weight is 262 g/mol. The molecule has 0 aromatic rings. The zero-order valence-corrected chi connectivity index (χ0v) is 12.3. The van der Waals surface area contributed by atoms with Crippen LogP contribution in [0.25, 0.3) is 0 Å². The van der Waals surface area contributed by atoms with Gasteiger partial charge in [0.05, 0.1) is 5.75 Å². The van der Waals surface area contributed by atoms with Gasteiger partial charge in [0.25, 0.3) is 0 Å². The van der Waals surface area contributed by atoms with Crippen LogP contribution in [0.4, 0.5) is 0 Å². The molecule has 1 aliphatic rings. The van der Waals surface area contributed by atoms with Crippen molar-refractivity contribution < 1.29 is 8.42 Å². The summed E-state index contributed by atoms with van der Waals surface area (Å²) in [6.07, 6.45) is 2.85. The number of hydrogen-bond acceptors (Lipinski definition) is 3. The fraction of sp³-hybridized carbons (Fsp3) is 1.00. The minimum atomic E-state index is -3.13. The van der Waals surface area contributed by atoms with Crippen LogP contribution in [0.3, 0.4) is 0 Å². The topological polar surface area (TPSA) is 58.2 Å². The van der Waals surface area contributed by atoms with Gasteiger partial charge in [-0.2, -0.15) is 0 Å². The molecule has 0 bridgehead atoms. The van der Waals surface area contributed by atoms with E-state index in [-0.39, 0.29) is 16.7 Å². The predicted octanol–water partition coefficient (Wildman–Crippen LogP) is 1.48. The average Bonchev–Trinajstić information content (AvgIpc) is 2.60. The summed E-state index contributed by atoms with van der Waals surface area (Å²) in [7, 11) is -3.13. The highest BCUT2D eigenvalue weighted by Gasteiger charge is 2.29. The molecule has 0 saturated carbocycles. The predicted molar refractivity (Wildman–Crippen MR) is 71.5 cm³/mol. The Hall–Kier alpha value is -0.130. The molecule has 1 atom stereocenters. The SMILES string of the molecule is CC(C)(C)CCS(=O)(=O)NCC1(C)CCCN1. The van der Waals surface area contributed by atoms with E-state index in [1.165, 1.54) is 0 Å². The van der Waals surface area contributed by atoms with E-state index >= 15 is 0 Å². The van der Waals surface area contributed by atoms with Gasteiger partial charge in [0, 0.05) is 12.1 Å². The van der Waals surface area contributed by atoms with Gasteiger partial charge < -0.3 is 5.32 Å². The monoisotopic (exact) mass is 262 g/mol. The minimum Gasteiger partial charge on any atom is -0.310 e. The molecule has 0 amide bonds. The molecule has 1 heterocycles. The molecule has 0 aliphatic carbocycles. The molecule has 0 spiro atoms. The standard InChI is InChI=1S/C12H26N2O2S/c1-11(2,3)7-9-17(15,16)14-10-12(4)6-5-8-13-12/h13-14H,5-10H2,1-4H3. The second-order valence-electron chi connectivity index (χ2n) is 6.54. The zero-order chi connectivity index (χ0) is 13.2. The maximum atomic E-state index is 11.8. The molecule has 1 aliphatic heterocycles. The highest BCUT2D eigenvalue weighted by molar-refractivity contribution is 7.89. The Labute approximate surface area is 106 Å². The number of sulfonamides is 1. The van der Waals surface area contributed by atoms with Crippen LogP contribution < -0.4 is 10.0 Å². The smallest absolute Gasteiger partial charge is 0.211 e. The summed E-state index contributed by atoms with van der Waals surface area (Å²) in [4.78, 5) is 0. The van der Waals surface area contributed by atoms with Crippen LogP contribution in [0.5, 0.6) is 0 Å². The van der Waals surface area contributed by atoms with Crippen molar-refractivity contribution in [3.63, 3.8) is 0 Å². The van der Waals surface area contributed by atoms with E-state index in [4.69, 9.17) is 0 Å². The molecule has 1 unspecified atom stereocenters. The minimum absolute atomic E-state index is 0.0598. The molecule has 17 heavy (non-hydrogen) atoms. The third-order valence-electron chi connectivity index (χ3n) is 3.26. The fourth-order valence-electron chi connectivity index (χ4n) is 1.89. The molecular weight excluding hydrogens is 236 g/mol. The summed E-state index contributed by atoms with van der Waals surface area (Å²) in [5.74, 6) is 0.215. The molecule has 4 nitrogen and oxygen atoms in total. The summed E-state index contributed by atoms with van der Waals surface area (Å²) in [5, 5.41) is 3.35. The van der Waals surface area contributed by atoms with Crippen LogP contribution in [-0.2, 0) is 10.0 Å². The van der Waals surface area contributed by atoms with Gasteiger partial charge in [0.1, 0.15) is 0 Å². The Bertz CT molecular complexity index is 338. The van der Waals surface area contributed by atoms with Crippen molar-refractivity contribution >= 4 is 10.0 Å². The number of hydrogen-bond donors (Lipinski definition) is 2.